The fourth-order valence-corrected chi connectivity index (χ4v) is 3.78. The molecule has 118 valence electrons. The first kappa shape index (κ1) is 14.2. The fourth-order valence-electron chi connectivity index (χ4n) is 3.78. The molecule has 2 aromatic heterocycles. The number of rotatable bonds is 3. The minimum Gasteiger partial charge on any atom is -0.358 e. The van der Waals surface area contributed by atoms with Crippen LogP contribution in [0.2, 0.25) is 0 Å². The summed E-state index contributed by atoms with van der Waals surface area (Å²) in [4.78, 5) is 12.0. The van der Waals surface area contributed by atoms with Crippen molar-refractivity contribution in [2.75, 3.05) is 26.2 Å². The molecule has 4 rings (SSSR count). The van der Waals surface area contributed by atoms with Crippen LogP contribution < -0.4 is 0 Å². The first-order chi connectivity index (χ1) is 10.9. The van der Waals surface area contributed by atoms with Crippen LogP contribution >= 0.6 is 0 Å². The summed E-state index contributed by atoms with van der Waals surface area (Å²) < 4.78 is 8.34. The Bertz CT molecular complexity index is 647. The molecule has 2 aliphatic heterocycles. The summed E-state index contributed by atoms with van der Waals surface area (Å²) in [5.41, 5.74) is 1.99. The highest BCUT2D eigenvalue weighted by Crippen LogP contribution is 2.34. The molecule has 2 saturated heterocycles. The summed E-state index contributed by atoms with van der Waals surface area (Å²) in [5, 5.41) is 0. The predicted molar refractivity (Wildman–Crippen MR) is 85.8 cm³/mol. The number of likely N-dealkylation sites (tertiary alicyclic amines) is 1. The van der Waals surface area contributed by atoms with Crippen molar-refractivity contribution < 1.29 is 4.74 Å². The van der Waals surface area contributed by atoms with Crippen LogP contribution in [0.4, 0.5) is 0 Å². The molecule has 2 aliphatic rings. The Hall–Kier alpha value is -1.46. The Morgan fingerprint density at radius 3 is 3.05 bits per heavy atom. The third kappa shape index (κ3) is 2.42. The Morgan fingerprint density at radius 1 is 1.32 bits per heavy atom. The molecule has 2 atom stereocenters. The molecule has 4 heterocycles. The lowest BCUT2D eigenvalue weighted by atomic mass is 10.1. The van der Waals surface area contributed by atoms with Crippen LogP contribution in [-0.2, 0) is 4.74 Å². The van der Waals surface area contributed by atoms with Crippen molar-refractivity contribution in [1.29, 1.82) is 0 Å². The number of imidazole rings is 1. The number of nitrogens with zero attached hydrogens (tertiary/aromatic N) is 4. The minimum atomic E-state index is 0.110. The maximum atomic E-state index is 6.05. The Kier molecular flexibility index (Phi) is 3.84. The SMILES string of the molecule is CCN1CCC(c2nc3cccnc3n2C2CCCCO2)C1. The maximum Gasteiger partial charge on any atom is 0.162 e. The monoisotopic (exact) mass is 300 g/mol. The highest BCUT2D eigenvalue weighted by Gasteiger charge is 2.31. The number of fused-ring (bicyclic) bond motifs is 1. The van der Waals surface area contributed by atoms with Gasteiger partial charge in [0.25, 0.3) is 0 Å². The molecule has 0 aliphatic carbocycles. The molecule has 0 amide bonds. The quantitative estimate of drug-likeness (QED) is 0.874. The van der Waals surface area contributed by atoms with Crippen LogP contribution in [0.3, 0.4) is 0 Å². The Morgan fingerprint density at radius 2 is 2.27 bits per heavy atom. The smallest absolute Gasteiger partial charge is 0.162 e. The standard InChI is InChI=1S/C17H24N4O/c1-2-20-10-8-13(12-20)16-19-14-6-5-9-18-17(14)21(16)15-7-3-4-11-22-15/h5-6,9,13,15H,2-4,7-8,10-12H2,1H3. The van der Waals surface area contributed by atoms with Crippen molar-refractivity contribution in [2.45, 2.75) is 44.8 Å². The van der Waals surface area contributed by atoms with Gasteiger partial charge in [-0.05, 0) is 50.9 Å². The molecule has 2 fully saturated rings. The molecule has 5 heteroatoms. The highest BCUT2D eigenvalue weighted by molar-refractivity contribution is 5.71. The third-order valence-electron chi connectivity index (χ3n) is 5.00. The number of likely N-dealkylation sites (N-methyl/N-ethyl adjacent to an activating group) is 1. The topological polar surface area (TPSA) is 43.2 Å². The first-order valence-corrected chi connectivity index (χ1v) is 8.53. The number of aromatic nitrogens is 3. The largest absolute Gasteiger partial charge is 0.358 e. The summed E-state index contributed by atoms with van der Waals surface area (Å²) in [7, 11) is 0. The minimum absolute atomic E-state index is 0.110. The second kappa shape index (κ2) is 5.97. The van der Waals surface area contributed by atoms with Gasteiger partial charge in [-0.15, -0.1) is 0 Å². The van der Waals surface area contributed by atoms with Gasteiger partial charge in [-0.2, -0.15) is 0 Å². The molecule has 0 N–H and O–H groups in total. The van der Waals surface area contributed by atoms with E-state index in [1.54, 1.807) is 0 Å². The lowest BCUT2D eigenvalue weighted by molar-refractivity contribution is -0.0318. The van der Waals surface area contributed by atoms with Crippen LogP contribution in [0.5, 0.6) is 0 Å². The van der Waals surface area contributed by atoms with Gasteiger partial charge in [0.1, 0.15) is 17.6 Å². The molecular weight excluding hydrogens is 276 g/mol. The zero-order valence-corrected chi connectivity index (χ0v) is 13.2. The van der Waals surface area contributed by atoms with E-state index in [0.29, 0.717) is 5.92 Å². The zero-order chi connectivity index (χ0) is 14.9. The van der Waals surface area contributed by atoms with Crippen molar-refractivity contribution in [3.63, 3.8) is 0 Å². The number of ether oxygens (including phenoxy) is 1. The summed E-state index contributed by atoms with van der Waals surface area (Å²) in [6.07, 6.45) is 6.61. The van der Waals surface area contributed by atoms with Crippen LogP contribution in [0.1, 0.15) is 50.6 Å². The average molecular weight is 300 g/mol. The van der Waals surface area contributed by atoms with E-state index < -0.39 is 0 Å². The fraction of sp³-hybridized carbons (Fsp3) is 0.647. The van der Waals surface area contributed by atoms with Crippen molar-refractivity contribution in [1.82, 2.24) is 19.4 Å². The van der Waals surface area contributed by atoms with E-state index >= 15 is 0 Å². The normalized spacial score (nSPS) is 26.8. The number of pyridine rings is 1. The average Bonchev–Trinajstić information content (AvgIpc) is 3.19. The molecule has 2 aromatic rings. The van der Waals surface area contributed by atoms with Gasteiger partial charge in [-0.1, -0.05) is 6.92 Å². The van der Waals surface area contributed by atoms with Crippen LogP contribution in [0.15, 0.2) is 18.3 Å². The van der Waals surface area contributed by atoms with E-state index in [0.717, 1.165) is 37.3 Å². The van der Waals surface area contributed by atoms with Crippen molar-refractivity contribution >= 4 is 11.2 Å². The first-order valence-electron chi connectivity index (χ1n) is 8.53. The molecule has 0 aromatic carbocycles. The lowest BCUT2D eigenvalue weighted by Crippen LogP contribution is -2.23. The van der Waals surface area contributed by atoms with Crippen molar-refractivity contribution in [2.24, 2.45) is 0 Å². The van der Waals surface area contributed by atoms with Gasteiger partial charge in [0.2, 0.25) is 0 Å². The summed E-state index contributed by atoms with van der Waals surface area (Å²) in [6.45, 7) is 6.48. The summed E-state index contributed by atoms with van der Waals surface area (Å²) in [5.74, 6) is 1.68. The maximum absolute atomic E-state index is 6.05. The molecule has 5 nitrogen and oxygen atoms in total. The van der Waals surface area contributed by atoms with Crippen LogP contribution in [-0.4, -0.2) is 45.7 Å². The second-order valence-electron chi connectivity index (χ2n) is 6.39. The molecule has 0 bridgehead atoms. The van der Waals surface area contributed by atoms with Crippen LogP contribution in [0.25, 0.3) is 11.2 Å². The van der Waals surface area contributed by atoms with Gasteiger partial charge in [0, 0.05) is 25.3 Å². The van der Waals surface area contributed by atoms with Crippen molar-refractivity contribution in [3.8, 4) is 0 Å². The van der Waals surface area contributed by atoms with E-state index in [1.165, 1.54) is 31.6 Å². The predicted octanol–water partition coefficient (Wildman–Crippen LogP) is 2.94. The van der Waals surface area contributed by atoms with Gasteiger partial charge in [-0.25, -0.2) is 9.97 Å². The van der Waals surface area contributed by atoms with Gasteiger partial charge in [0.05, 0.1) is 0 Å². The second-order valence-corrected chi connectivity index (χ2v) is 6.39. The molecular formula is C17H24N4O. The summed E-state index contributed by atoms with van der Waals surface area (Å²) >= 11 is 0. The number of hydrogen-bond donors (Lipinski definition) is 0. The van der Waals surface area contributed by atoms with E-state index in [4.69, 9.17) is 9.72 Å². The lowest BCUT2D eigenvalue weighted by Gasteiger charge is -2.26. The van der Waals surface area contributed by atoms with Crippen LogP contribution in [0, 0.1) is 0 Å². The van der Waals surface area contributed by atoms with E-state index in [-0.39, 0.29) is 6.23 Å². The third-order valence-corrected chi connectivity index (χ3v) is 5.00. The van der Waals surface area contributed by atoms with Gasteiger partial charge in [-0.3, -0.25) is 4.57 Å². The summed E-state index contributed by atoms with van der Waals surface area (Å²) in [6, 6.07) is 4.04. The Balaban J connectivity index is 1.76. The number of hydrogen-bond acceptors (Lipinski definition) is 4. The van der Waals surface area contributed by atoms with Gasteiger partial charge in [0.15, 0.2) is 5.65 Å². The molecule has 0 saturated carbocycles. The van der Waals surface area contributed by atoms with Gasteiger partial charge < -0.3 is 9.64 Å². The highest BCUT2D eigenvalue weighted by atomic mass is 16.5. The molecule has 2 unspecified atom stereocenters. The zero-order valence-electron chi connectivity index (χ0n) is 13.2. The van der Waals surface area contributed by atoms with E-state index in [9.17, 15) is 0 Å². The van der Waals surface area contributed by atoms with E-state index in [1.807, 2.05) is 12.3 Å². The molecule has 22 heavy (non-hydrogen) atoms. The van der Waals surface area contributed by atoms with Crippen molar-refractivity contribution in [3.05, 3.63) is 24.2 Å². The van der Waals surface area contributed by atoms with Gasteiger partial charge >= 0.3 is 0 Å². The molecule has 0 radical (unpaired) electrons. The van der Waals surface area contributed by atoms with E-state index in [2.05, 4.69) is 27.4 Å². The molecule has 0 spiro atoms. The Labute approximate surface area is 131 Å².